The maximum atomic E-state index is 13.4. The van der Waals surface area contributed by atoms with Gasteiger partial charge in [0.05, 0.1) is 11.1 Å². The van der Waals surface area contributed by atoms with Crippen LogP contribution in [-0.4, -0.2) is 68.6 Å². The molecule has 2 heterocycles. The van der Waals surface area contributed by atoms with Gasteiger partial charge in [-0.15, -0.1) is 0 Å². The van der Waals surface area contributed by atoms with Crippen LogP contribution in [0.2, 0.25) is 0 Å². The number of piperidine rings is 2. The van der Waals surface area contributed by atoms with Crippen molar-refractivity contribution >= 4 is 27.6 Å². The molecule has 4 aliphatic rings. The highest BCUT2D eigenvalue weighted by Crippen LogP contribution is 2.52. The first-order chi connectivity index (χ1) is 15.8. The molecule has 0 bridgehead atoms. The molecular weight excluding hydrogens is 440 g/mol. The van der Waals surface area contributed by atoms with Crippen LogP contribution < -0.4 is 10.0 Å². The van der Waals surface area contributed by atoms with Gasteiger partial charge in [-0.25, -0.2) is 0 Å². The zero-order valence-corrected chi connectivity index (χ0v) is 20.2. The van der Waals surface area contributed by atoms with Crippen molar-refractivity contribution in [2.45, 2.75) is 69.2 Å². The van der Waals surface area contributed by atoms with Crippen molar-refractivity contribution in [3.63, 3.8) is 0 Å². The van der Waals surface area contributed by atoms with Crippen LogP contribution in [0.4, 0.5) is 5.69 Å². The molecule has 180 valence electrons. The van der Waals surface area contributed by atoms with Gasteiger partial charge < -0.3 is 10.2 Å². The van der Waals surface area contributed by atoms with Crippen LogP contribution in [0.15, 0.2) is 12.1 Å². The van der Waals surface area contributed by atoms with Crippen molar-refractivity contribution < 1.29 is 18.0 Å². The number of benzene rings is 1. The molecule has 1 amide bonds. The van der Waals surface area contributed by atoms with Crippen LogP contribution in [0.5, 0.6) is 0 Å². The van der Waals surface area contributed by atoms with E-state index in [0.29, 0.717) is 24.3 Å². The van der Waals surface area contributed by atoms with E-state index >= 15 is 0 Å². The number of carbonyl (C=O) groups is 2. The summed E-state index contributed by atoms with van der Waals surface area (Å²) in [5.41, 5.74) is 1.93. The second-order valence-corrected chi connectivity index (χ2v) is 11.9. The molecule has 1 aromatic rings. The van der Waals surface area contributed by atoms with Crippen LogP contribution in [0, 0.1) is 0 Å². The largest absolute Gasteiger partial charge is 0.349 e. The van der Waals surface area contributed by atoms with E-state index in [4.69, 9.17) is 0 Å². The molecular formula is C24H34N4O4S. The minimum Gasteiger partial charge on any atom is -0.349 e. The Morgan fingerprint density at radius 1 is 1.03 bits per heavy atom. The molecule has 2 saturated heterocycles. The number of hydrogen-bond acceptors (Lipinski definition) is 5. The van der Waals surface area contributed by atoms with E-state index in [2.05, 4.69) is 22.0 Å². The standard InChI is InChI=1S/C24H34N4O4S/c1-27-12-6-17(7-13-27)25-23(30)20-14-18(26-33(31,32)28-10-3-2-4-11-28)15-21-19(20)16-22(29)24(21)8-5-9-24/h14-15,17,26H,2-13,16H2,1H3,(H,25,30). The first-order valence-electron chi connectivity index (χ1n) is 12.3. The smallest absolute Gasteiger partial charge is 0.301 e. The fourth-order valence-electron chi connectivity index (χ4n) is 5.84. The van der Waals surface area contributed by atoms with E-state index in [1.54, 1.807) is 6.07 Å². The molecule has 33 heavy (non-hydrogen) atoms. The highest BCUT2D eigenvalue weighted by atomic mass is 32.2. The van der Waals surface area contributed by atoms with Gasteiger partial charge in [0.15, 0.2) is 0 Å². The zero-order chi connectivity index (χ0) is 23.2. The number of likely N-dealkylation sites (tertiary alicyclic amines) is 1. The molecule has 0 radical (unpaired) electrons. The third-order valence-electron chi connectivity index (χ3n) is 8.04. The maximum Gasteiger partial charge on any atom is 0.301 e. The molecule has 2 aliphatic carbocycles. The minimum absolute atomic E-state index is 0.0906. The number of anilines is 1. The van der Waals surface area contributed by atoms with Crippen LogP contribution in [-0.2, 0) is 26.8 Å². The second-order valence-electron chi connectivity index (χ2n) is 10.2. The van der Waals surface area contributed by atoms with Crippen molar-refractivity contribution in [1.29, 1.82) is 0 Å². The summed E-state index contributed by atoms with van der Waals surface area (Å²) in [5, 5.41) is 3.15. The number of Topliss-reactive ketones (excluding diaryl/α,β-unsaturated/α-hetero) is 1. The Kier molecular flexibility index (Phi) is 5.99. The summed E-state index contributed by atoms with van der Waals surface area (Å²) in [6, 6.07) is 3.54. The molecule has 8 nitrogen and oxygen atoms in total. The number of hydrogen-bond donors (Lipinski definition) is 2. The number of rotatable bonds is 5. The minimum atomic E-state index is -3.71. The van der Waals surface area contributed by atoms with E-state index in [1.807, 2.05) is 6.07 Å². The fraction of sp³-hybridized carbons (Fsp3) is 0.667. The summed E-state index contributed by atoms with van der Waals surface area (Å²) in [4.78, 5) is 28.6. The van der Waals surface area contributed by atoms with Gasteiger partial charge in [-0.1, -0.05) is 12.8 Å². The van der Waals surface area contributed by atoms with Gasteiger partial charge in [0, 0.05) is 31.1 Å². The Morgan fingerprint density at radius 3 is 2.36 bits per heavy atom. The predicted octanol–water partition coefficient (Wildman–Crippen LogP) is 2.20. The molecule has 1 saturated carbocycles. The second kappa shape index (κ2) is 8.67. The molecule has 0 unspecified atom stereocenters. The molecule has 0 aromatic heterocycles. The molecule has 9 heteroatoms. The first kappa shape index (κ1) is 22.8. The van der Waals surface area contributed by atoms with E-state index < -0.39 is 15.6 Å². The lowest BCUT2D eigenvalue weighted by Gasteiger charge is -2.38. The number of carbonyl (C=O) groups excluding carboxylic acids is 2. The summed E-state index contributed by atoms with van der Waals surface area (Å²) < 4.78 is 30.3. The summed E-state index contributed by atoms with van der Waals surface area (Å²) in [6.07, 6.45) is 7.30. The van der Waals surface area contributed by atoms with Crippen LogP contribution in [0.1, 0.15) is 72.9 Å². The molecule has 2 aliphatic heterocycles. The van der Waals surface area contributed by atoms with Gasteiger partial charge in [0.2, 0.25) is 0 Å². The van der Waals surface area contributed by atoms with E-state index in [-0.39, 0.29) is 24.2 Å². The van der Waals surface area contributed by atoms with Gasteiger partial charge in [-0.2, -0.15) is 12.7 Å². The Hall–Kier alpha value is -1.97. The number of ketones is 1. The van der Waals surface area contributed by atoms with E-state index in [0.717, 1.165) is 75.6 Å². The Labute approximate surface area is 196 Å². The summed E-state index contributed by atoms with van der Waals surface area (Å²) in [7, 11) is -1.63. The molecule has 1 spiro atoms. The van der Waals surface area contributed by atoms with E-state index in [9.17, 15) is 18.0 Å². The van der Waals surface area contributed by atoms with Crippen molar-refractivity contribution in [1.82, 2.24) is 14.5 Å². The number of nitrogens with one attached hydrogen (secondary N) is 2. The number of nitrogens with zero attached hydrogens (tertiary/aromatic N) is 2. The van der Waals surface area contributed by atoms with Crippen molar-refractivity contribution in [2.24, 2.45) is 0 Å². The predicted molar refractivity (Wildman–Crippen MR) is 127 cm³/mol. The van der Waals surface area contributed by atoms with Gasteiger partial charge in [-0.05, 0) is 81.9 Å². The van der Waals surface area contributed by atoms with Crippen LogP contribution in [0.25, 0.3) is 0 Å². The van der Waals surface area contributed by atoms with Gasteiger partial charge in [-0.3, -0.25) is 14.3 Å². The molecule has 2 N–H and O–H groups in total. The summed E-state index contributed by atoms with van der Waals surface area (Å²) >= 11 is 0. The fourth-order valence-corrected chi connectivity index (χ4v) is 7.13. The maximum absolute atomic E-state index is 13.4. The molecule has 3 fully saturated rings. The topological polar surface area (TPSA) is 98.8 Å². The van der Waals surface area contributed by atoms with Crippen molar-refractivity contribution in [2.75, 3.05) is 37.9 Å². The highest BCUT2D eigenvalue weighted by Gasteiger charge is 2.51. The summed E-state index contributed by atoms with van der Waals surface area (Å²) in [5.74, 6) is -0.0443. The lowest BCUT2D eigenvalue weighted by atomic mass is 9.64. The molecule has 1 aromatic carbocycles. The lowest BCUT2D eigenvalue weighted by molar-refractivity contribution is -0.125. The monoisotopic (exact) mass is 474 g/mol. The van der Waals surface area contributed by atoms with Crippen LogP contribution in [0.3, 0.4) is 0 Å². The first-order valence-corrected chi connectivity index (χ1v) is 13.7. The average molecular weight is 475 g/mol. The Morgan fingerprint density at radius 2 is 1.73 bits per heavy atom. The van der Waals surface area contributed by atoms with Crippen molar-refractivity contribution in [3.05, 3.63) is 28.8 Å². The SMILES string of the molecule is CN1CCC(NC(=O)c2cc(NS(=O)(=O)N3CCCCC3)cc3c2CC(=O)C32CCC2)CC1. The average Bonchev–Trinajstić information content (AvgIpc) is 3.07. The van der Waals surface area contributed by atoms with E-state index in [1.165, 1.54) is 4.31 Å². The van der Waals surface area contributed by atoms with Crippen LogP contribution >= 0.6 is 0 Å². The quantitative estimate of drug-likeness (QED) is 0.682. The molecule has 5 rings (SSSR count). The third-order valence-corrected chi connectivity index (χ3v) is 9.58. The highest BCUT2D eigenvalue weighted by molar-refractivity contribution is 7.90. The van der Waals surface area contributed by atoms with Gasteiger partial charge >= 0.3 is 10.2 Å². The number of fused-ring (bicyclic) bond motifs is 2. The van der Waals surface area contributed by atoms with Gasteiger partial charge in [0.25, 0.3) is 5.91 Å². The van der Waals surface area contributed by atoms with Crippen molar-refractivity contribution in [3.8, 4) is 0 Å². The summed E-state index contributed by atoms with van der Waals surface area (Å²) in [6.45, 7) is 2.87. The number of amides is 1. The normalized spacial score (nSPS) is 23.8. The van der Waals surface area contributed by atoms with Gasteiger partial charge in [0.1, 0.15) is 5.78 Å². The Bertz CT molecular complexity index is 1050. The zero-order valence-electron chi connectivity index (χ0n) is 19.4. The molecule has 0 atom stereocenters. The lowest BCUT2D eigenvalue weighted by Crippen LogP contribution is -2.43. The Balaban J connectivity index is 1.46. The third kappa shape index (κ3) is 4.19.